The van der Waals surface area contributed by atoms with Crippen molar-refractivity contribution >= 4 is 18.0 Å². The average molecular weight is 438 g/mol. The van der Waals surface area contributed by atoms with E-state index in [1.165, 1.54) is 23.1 Å². The number of nitrogens with one attached hydrogen (secondary N) is 1. The maximum Gasteiger partial charge on any atom is 0.407 e. The Morgan fingerprint density at radius 2 is 1.72 bits per heavy atom. The maximum absolute atomic E-state index is 12.3. The molecule has 8 heteroatoms. The molecule has 2 atom stereocenters. The number of hydrogen-bond donors (Lipinski definition) is 2. The SMILES string of the molecule is CN(CC(=O)O)C(=O)[C@@H]1CO[C@H](CNC(=O)OCC2c3ccccc3-c3ccccc32)C1. The summed E-state index contributed by atoms with van der Waals surface area (Å²) in [5.74, 6) is -1.75. The molecule has 0 radical (unpaired) electrons. The molecular weight excluding hydrogens is 412 g/mol. The number of hydrogen-bond acceptors (Lipinski definition) is 5. The van der Waals surface area contributed by atoms with Crippen LogP contribution in [0.2, 0.25) is 0 Å². The zero-order valence-corrected chi connectivity index (χ0v) is 17.8. The van der Waals surface area contributed by atoms with E-state index in [0.29, 0.717) is 6.42 Å². The molecule has 0 spiro atoms. The molecule has 1 heterocycles. The third-order valence-corrected chi connectivity index (χ3v) is 6.00. The van der Waals surface area contributed by atoms with Crippen molar-refractivity contribution < 1.29 is 29.0 Å². The summed E-state index contributed by atoms with van der Waals surface area (Å²) in [5.41, 5.74) is 4.62. The van der Waals surface area contributed by atoms with Crippen molar-refractivity contribution in [2.24, 2.45) is 5.92 Å². The molecule has 0 bridgehead atoms. The summed E-state index contributed by atoms with van der Waals surface area (Å²) in [6, 6.07) is 16.3. The van der Waals surface area contributed by atoms with Crippen LogP contribution < -0.4 is 5.32 Å². The lowest BCUT2D eigenvalue weighted by Crippen LogP contribution is -2.37. The van der Waals surface area contributed by atoms with Crippen LogP contribution in [-0.2, 0) is 19.1 Å². The number of alkyl carbamates (subject to hydrolysis) is 1. The normalized spacial score (nSPS) is 19.2. The Balaban J connectivity index is 1.26. The van der Waals surface area contributed by atoms with Gasteiger partial charge in [-0.3, -0.25) is 9.59 Å². The minimum atomic E-state index is -1.06. The number of carbonyl (C=O) groups is 3. The minimum absolute atomic E-state index is 0.0114. The Morgan fingerprint density at radius 1 is 1.09 bits per heavy atom. The maximum atomic E-state index is 12.3. The van der Waals surface area contributed by atoms with Gasteiger partial charge in [-0.15, -0.1) is 0 Å². The molecule has 4 rings (SSSR count). The van der Waals surface area contributed by atoms with Crippen LogP contribution in [0.3, 0.4) is 0 Å². The molecule has 168 valence electrons. The first-order valence-electron chi connectivity index (χ1n) is 10.6. The van der Waals surface area contributed by atoms with Crippen molar-refractivity contribution in [3.05, 3.63) is 59.7 Å². The minimum Gasteiger partial charge on any atom is -0.480 e. The number of nitrogens with zero attached hydrogens (tertiary/aromatic N) is 1. The lowest BCUT2D eigenvalue weighted by molar-refractivity contribution is -0.145. The molecule has 0 aromatic heterocycles. The van der Waals surface area contributed by atoms with Gasteiger partial charge in [-0.1, -0.05) is 48.5 Å². The topological polar surface area (TPSA) is 105 Å². The van der Waals surface area contributed by atoms with Gasteiger partial charge < -0.3 is 24.8 Å². The predicted molar refractivity (Wildman–Crippen MR) is 116 cm³/mol. The van der Waals surface area contributed by atoms with E-state index in [-0.39, 0.29) is 44.2 Å². The zero-order chi connectivity index (χ0) is 22.7. The summed E-state index contributed by atoms with van der Waals surface area (Å²) >= 11 is 0. The van der Waals surface area contributed by atoms with Gasteiger partial charge in [-0.05, 0) is 28.7 Å². The highest BCUT2D eigenvalue weighted by atomic mass is 16.5. The predicted octanol–water partition coefficient (Wildman–Crippen LogP) is 2.47. The second kappa shape index (κ2) is 9.40. The van der Waals surface area contributed by atoms with Gasteiger partial charge in [0.25, 0.3) is 0 Å². The van der Waals surface area contributed by atoms with Crippen LogP contribution in [0.5, 0.6) is 0 Å². The van der Waals surface area contributed by atoms with Gasteiger partial charge >= 0.3 is 12.1 Å². The van der Waals surface area contributed by atoms with Crippen molar-refractivity contribution in [2.75, 3.05) is 33.4 Å². The summed E-state index contributed by atoms with van der Waals surface area (Å²) in [6.45, 7) is 0.313. The zero-order valence-electron chi connectivity index (χ0n) is 17.8. The number of aliphatic carboxylic acids is 1. The Hall–Kier alpha value is -3.39. The number of carboxylic acids is 1. The van der Waals surface area contributed by atoms with E-state index < -0.39 is 18.0 Å². The van der Waals surface area contributed by atoms with Crippen LogP contribution in [0, 0.1) is 5.92 Å². The summed E-state index contributed by atoms with van der Waals surface area (Å²) < 4.78 is 11.1. The first kappa shape index (κ1) is 21.8. The fraction of sp³-hybridized carbons (Fsp3) is 0.375. The molecule has 2 amide bonds. The van der Waals surface area contributed by atoms with E-state index in [9.17, 15) is 14.4 Å². The Morgan fingerprint density at radius 3 is 2.34 bits per heavy atom. The monoisotopic (exact) mass is 438 g/mol. The molecule has 2 N–H and O–H groups in total. The lowest BCUT2D eigenvalue weighted by Gasteiger charge is -2.18. The van der Waals surface area contributed by atoms with Gasteiger partial charge in [0, 0.05) is 19.5 Å². The summed E-state index contributed by atoms with van der Waals surface area (Å²) in [4.78, 5) is 36.5. The quantitative estimate of drug-likeness (QED) is 0.688. The molecule has 0 unspecified atom stereocenters. The van der Waals surface area contributed by atoms with Crippen molar-refractivity contribution in [1.29, 1.82) is 0 Å². The third kappa shape index (κ3) is 4.60. The average Bonchev–Trinajstić information content (AvgIpc) is 3.38. The number of carboxylic acid groups (broad SMARTS) is 1. The molecule has 1 saturated heterocycles. The molecule has 2 aromatic rings. The van der Waals surface area contributed by atoms with Crippen molar-refractivity contribution in [2.45, 2.75) is 18.4 Å². The number of fused-ring (bicyclic) bond motifs is 3. The van der Waals surface area contributed by atoms with E-state index in [2.05, 4.69) is 29.6 Å². The first-order chi connectivity index (χ1) is 15.4. The smallest absolute Gasteiger partial charge is 0.407 e. The van der Waals surface area contributed by atoms with E-state index in [0.717, 1.165) is 11.1 Å². The number of likely N-dealkylation sites (N-methyl/N-ethyl adjacent to an activating group) is 1. The molecule has 1 aliphatic carbocycles. The van der Waals surface area contributed by atoms with Crippen LogP contribution in [0.15, 0.2) is 48.5 Å². The number of carbonyl (C=O) groups excluding carboxylic acids is 2. The highest BCUT2D eigenvalue weighted by Gasteiger charge is 2.33. The van der Waals surface area contributed by atoms with Crippen LogP contribution >= 0.6 is 0 Å². The summed E-state index contributed by atoms with van der Waals surface area (Å²) in [5, 5.41) is 11.5. The van der Waals surface area contributed by atoms with Gasteiger partial charge in [0.2, 0.25) is 5.91 Å². The van der Waals surface area contributed by atoms with Gasteiger partial charge in [0.05, 0.1) is 18.6 Å². The lowest BCUT2D eigenvalue weighted by atomic mass is 9.98. The second-order valence-electron chi connectivity index (χ2n) is 8.18. The van der Waals surface area contributed by atoms with Crippen LogP contribution in [0.25, 0.3) is 11.1 Å². The molecule has 8 nitrogen and oxygen atoms in total. The largest absolute Gasteiger partial charge is 0.480 e. The standard InChI is InChI=1S/C24H26N2O6/c1-26(12-22(27)28)23(29)15-10-16(31-13-15)11-25-24(30)32-14-21-19-8-4-2-6-17(19)18-7-3-5-9-20(18)21/h2-9,15-16,21H,10-14H2,1H3,(H,25,30)(H,27,28)/t15-,16-/m0/s1. The highest BCUT2D eigenvalue weighted by Crippen LogP contribution is 2.44. The fourth-order valence-corrected chi connectivity index (χ4v) is 4.46. The number of ether oxygens (including phenoxy) is 2. The Kier molecular flexibility index (Phi) is 6.41. The van der Waals surface area contributed by atoms with Gasteiger partial charge in [-0.2, -0.15) is 0 Å². The molecule has 1 aliphatic heterocycles. The van der Waals surface area contributed by atoms with Crippen molar-refractivity contribution in [3.63, 3.8) is 0 Å². The van der Waals surface area contributed by atoms with Crippen LogP contribution in [0.4, 0.5) is 4.79 Å². The highest BCUT2D eigenvalue weighted by molar-refractivity contribution is 5.83. The van der Waals surface area contributed by atoms with E-state index in [1.54, 1.807) is 0 Å². The summed E-state index contributed by atoms with van der Waals surface area (Å²) in [6.07, 6.45) is -0.428. The molecule has 2 aromatic carbocycles. The van der Waals surface area contributed by atoms with Gasteiger partial charge in [0.1, 0.15) is 13.2 Å². The second-order valence-corrected chi connectivity index (χ2v) is 8.18. The molecule has 2 aliphatic rings. The first-order valence-corrected chi connectivity index (χ1v) is 10.6. The Bertz CT molecular complexity index is 978. The molecule has 32 heavy (non-hydrogen) atoms. The van der Waals surface area contributed by atoms with Crippen molar-refractivity contribution in [3.8, 4) is 11.1 Å². The molecule has 1 fully saturated rings. The number of amides is 2. The van der Waals surface area contributed by atoms with Gasteiger partial charge in [-0.25, -0.2) is 4.79 Å². The van der Waals surface area contributed by atoms with E-state index in [1.807, 2.05) is 24.3 Å². The van der Waals surface area contributed by atoms with E-state index >= 15 is 0 Å². The van der Waals surface area contributed by atoms with Crippen molar-refractivity contribution in [1.82, 2.24) is 10.2 Å². The van der Waals surface area contributed by atoms with Gasteiger partial charge in [0.15, 0.2) is 0 Å². The third-order valence-electron chi connectivity index (χ3n) is 6.00. The van der Waals surface area contributed by atoms with Crippen LogP contribution in [0.1, 0.15) is 23.5 Å². The van der Waals surface area contributed by atoms with E-state index in [4.69, 9.17) is 14.6 Å². The number of benzene rings is 2. The molecular formula is C24H26N2O6. The van der Waals surface area contributed by atoms with Crippen LogP contribution in [-0.4, -0.2) is 67.4 Å². The number of rotatable bonds is 7. The fourth-order valence-electron chi connectivity index (χ4n) is 4.46. The molecule has 0 saturated carbocycles. The summed E-state index contributed by atoms with van der Waals surface area (Å²) in [7, 11) is 1.46. The Labute approximate surface area is 186 Å².